The maximum absolute atomic E-state index is 9.78. The van der Waals surface area contributed by atoms with Gasteiger partial charge in [-0.05, 0) is 0 Å². The van der Waals surface area contributed by atoms with Crippen LogP contribution in [0.5, 0.6) is 0 Å². The predicted molar refractivity (Wildman–Crippen MR) is 28.7 cm³/mol. The van der Waals surface area contributed by atoms with E-state index >= 15 is 0 Å². The maximum Gasteiger partial charge on any atom is 0.316 e. The number of hydrogen-bond acceptors (Lipinski definition) is 4. The van der Waals surface area contributed by atoms with Crippen LogP contribution >= 0.6 is 0 Å². The molecule has 0 saturated carbocycles. The SMILES string of the molecule is CC(=O)O[SH](=O)=S. The summed E-state index contributed by atoms with van der Waals surface area (Å²) in [6.07, 6.45) is 0. The maximum atomic E-state index is 9.78. The van der Waals surface area contributed by atoms with Crippen LogP contribution in [0.1, 0.15) is 6.92 Å². The summed E-state index contributed by atoms with van der Waals surface area (Å²) < 4.78 is 13.7. The lowest BCUT2D eigenvalue weighted by Crippen LogP contribution is -1.93. The van der Waals surface area contributed by atoms with Gasteiger partial charge in [0.25, 0.3) is 0 Å². The highest BCUT2D eigenvalue weighted by Crippen LogP contribution is 1.71. The van der Waals surface area contributed by atoms with Crippen LogP contribution in [-0.4, -0.2) is 10.2 Å². The summed E-state index contributed by atoms with van der Waals surface area (Å²) >= 11 is 4.02. The van der Waals surface area contributed by atoms with E-state index in [4.69, 9.17) is 0 Å². The molecular weight excluding hydrogens is 136 g/mol. The first kappa shape index (κ1) is 6.84. The van der Waals surface area contributed by atoms with Crippen molar-refractivity contribution in [1.82, 2.24) is 0 Å². The Hall–Kier alpha value is -0.160. The van der Waals surface area contributed by atoms with Crippen LogP contribution in [0, 0.1) is 0 Å². The minimum Gasteiger partial charge on any atom is -0.367 e. The van der Waals surface area contributed by atoms with Crippen molar-refractivity contribution in [3.8, 4) is 0 Å². The van der Waals surface area contributed by atoms with Gasteiger partial charge in [-0.25, -0.2) is 4.21 Å². The van der Waals surface area contributed by atoms with Crippen LogP contribution in [0.3, 0.4) is 0 Å². The first-order valence-corrected chi connectivity index (χ1v) is 3.65. The number of thiol groups is 1. The van der Waals surface area contributed by atoms with Gasteiger partial charge in [0.2, 0.25) is 0 Å². The molecule has 0 radical (unpaired) electrons. The molecule has 5 heteroatoms. The summed E-state index contributed by atoms with van der Waals surface area (Å²) in [5.74, 6) is -0.601. The van der Waals surface area contributed by atoms with Crippen LogP contribution in [0.2, 0.25) is 0 Å². The summed E-state index contributed by atoms with van der Waals surface area (Å²) in [4.78, 5) is 9.78. The molecule has 0 amide bonds. The van der Waals surface area contributed by atoms with Crippen LogP contribution in [0.15, 0.2) is 0 Å². The van der Waals surface area contributed by atoms with E-state index < -0.39 is 15.6 Å². The highest BCUT2D eigenvalue weighted by Gasteiger charge is 1.85. The van der Waals surface area contributed by atoms with E-state index in [0.29, 0.717) is 0 Å². The number of rotatable bonds is 1. The number of carbonyl (C=O) groups is 1. The molecule has 1 unspecified atom stereocenters. The normalized spacial score (nSPS) is 12.7. The zero-order chi connectivity index (χ0) is 5.86. The standard InChI is InChI=1S/C2H4O3S2/c1-2(3)5-7(4)6/h7H,1H3. The zero-order valence-corrected chi connectivity index (χ0v) is 5.29. The molecule has 3 nitrogen and oxygen atoms in total. The van der Waals surface area contributed by atoms with Crippen molar-refractivity contribution in [3.63, 3.8) is 0 Å². The molecule has 0 aromatic rings. The predicted octanol–water partition coefficient (Wildman–Crippen LogP) is -0.593. The fourth-order valence-corrected chi connectivity index (χ4v) is 0.630. The topological polar surface area (TPSA) is 43.4 Å². The summed E-state index contributed by atoms with van der Waals surface area (Å²) in [7, 11) is -2.16. The lowest BCUT2D eigenvalue weighted by atomic mass is 10.9. The largest absolute Gasteiger partial charge is 0.367 e. The van der Waals surface area contributed by atoms with E-state index in [9.17, 15) is 9.00 Å². The van der Waals surface area contributed by atoms with E-state index in [0.717, 1.165) is 6.92 Å². The Balaban J connectivity index is 3.53. The molecule has 0 aromatic heterocycles. The Morgan fingerprint density at radius 1 is 1.86 bits per heavy atom. The lowest BCUT2D eigenvalue weighted by molar-refractivity contribution is -0.130. The van der Waals surface area contributed by atoms with Gasteiger partial charge in [-0.1, -0.05) is 0 Å². The minimum absolute atomic E-state index is 0.601. The van der Waals surface area contributed by atoms with Crippen LogP contribution in [0.4, 0.5) is 0 Å². The second-order valence-electron chi connectivity index (χ2n) is 0.806. The molecule has 0 N–H and O–H groups in total. The molecule has 0 aliphatic carbocycles. The van der Waals surface area contributed by atoms with Crippen LogP contribution in [0.25, 0.3) is 0 Å². The molecule has 0 fully saturated rings. The van der Waals surface area contributed by atoms with Crippen molar-refractivity contribution in [2.75, 3.05) is 0 Å². The van der Waals surface area contributed by atoms with Crippen molar-refractivity contribution >= 4 is 26.8 Å². The first-order chi connectivity index (χ1) is 3.13. The van der Waals surface area contributed by atoms with Crippen molar-refractivity contribution in [3.05, 3.63) is 0 Å². The molecule has 0 saturated heterocycles. The molecule has 7 heavy (non-hydrogen) atoms. The van der Waals surface area contributed by atoms with E-state index in [1.165, 1.54) is 0 Å². The van der Waals surface area contributed by atoms with E-state index in [1.54, 1.807) is 0 Å². The molecular formula is C2H4O3S2. The quantitative estimate of drug-likeness (QED) is 0.494. The van der Waals surface area contributed by atoms with Crippen molar-refractivity contribution < 1.29 is 13.2 Å². The average molecular weight is 140 g/mol. The molecule has 0 aliphatic rings. The Morgan fingerprint density at radius 2 is 2.29 bits per heavy atom. The third-order valence-corrected chi connectivity index (χ3v) is 0.833. The fraction of sp³-hybridized carbons (Fsp3) is 0.500. The van der Waals surface area contributed by atoms with E-state index in [2.05, 4.69) is 15.4 Å². The van der Waals surface area contributed by atoms with Crippen molar-refractivity contribution in [1.29, 1.82) is 0 Å². The van der Waals surface area contributed by atoms with Gasteiger partial charge in [0.05, 0.1) is 0 Å². The molecule has 0 spiro atoms. The monoisotopic (exact) mass is 140 g/mol. The molecule has 42 valence electrons. The van der Waals surface area contributed by atoms with Crippen molar-refractivity contribution in [2.45, 2.75) is 6.92 Å². The molecule has 0 rings (SSSR count). The second kappa shape index (κ2) is 2.92. The summed E-state index contributed by atoms with van der Waals surface area (Å²) in [5.41, 5.74) is 0. The minimum atomic E-state index is -2.16. The van der Waals surface area contributed by atoms with Gasteiger partial charge < -0.3 is 4.18 Å². The number of carbonyl (C=O) groups excluding carboxylic acids is 1. The third kappa shape index (κ3) is 5.84. The lowest BCUT2D eigenvalue weighted by Gasteiger charge is -1.83. The summed E-state index contributed by atoms with van der Waals surface area (Å²) in [6, 6.07) is 0. The summed E-state index contributed by atoms with van der Waals surface area (Å²) in [6.45, 7) is 1.15. The van der Waals surface area contributed by atoms with E-state index in [-0.39, 0.29) is 0 Å². The Labute approximate surface area is 47.6 Å². The highest BCUT2D eigenvalue weighted by atomic mass is 32.8. The Bertz CT molecular complexity index is 128. The molecule has 0 heterocycles. The second-order valence-corrected chi connectivity index (χ2v) is 2.33. The zero-order valence-electron chi connectivity index (χ0n) is 3.58. The molecule has 0 bridgehead atoms. The van der Waals surface area contributed by atoms with Crippen molar-refractivity contribution in [2.24, 2.45) is 0 Å². The van der Waals surface area contributed by atoms with Gasteiger partial charge in [0, 0.05) is 18.1 Å². The van der Waals surface area contributed by atoms with Gasteiger partial charge >= 0.3 is 5.97 Å². The fourth-order valence-electron chi connectivity index (χ4n) is 0.105. The molecule has 1 atom stereocenters. The Morgan fingerprint density at radius 3 is 2.29 bits per heavy atom. The smallest absolute Gasteiger partial charge is 0.316 e. The van der Waals surface area contributed by atoms with E-state index in [1.807, 2.05) is 0 Å². The van der Waals surface area contributed by atoms with Gasteiger partial charge in [0.15, 0.2) is 9.64 Å². The van der Waals surface area contributed by atoms with Crippen LogP contribution < -0.4 is 0 Å². The number of hydrogen-bond donors (Lipinski definition) is 1. The Kier molecular flexibility index (Phi) is 2.86. The average Bonchev–Trinajstić information content (AvgIpc) is 1.27. The summed E-state index contributed by atoms with van der Waals surface area (Å²) in [5, 5.41) is 0. The van der Waals surface area contributed by atoms with Gasteiger partial charge in [-0.2, -0.15) is 0 Å². The van der Waals surface area contributed by atoms with Crippen LogP contribution in [-0.2, 0) is 29.8 Å². The third-order valence-electron chi connectivity index (χ3n) is 0.203. The highest BCUT2D eigenvalue weighted by molar-refractivity contribution is 8.19. The van der Waals surface area contributed by atoms with Gasteiger partial charge in [-0.15, -0.1) is 0 Å². The molecule has 0 aromatic carbocycles. The van der Waals surface area contributed by atoms with Gasteiger partial charge in [-0.3, -0.25) is 4.79 Å². The van der Waals surface area contributed by atoms with Gasteiger partial charge in [0.1, 0.15) is 0 Å². The molecule has 0 aliphatic heterocycles. The first-order valence-electron chi connectivity index (χ1n) is 1.46.